The molecule has 11 amide bonds. The minimum atomic E-state index is -1.24. The highest BCUT2D eigenvalue weighted by molar-refractivity contribution is 5.99. The maximum Gasteiger partial charge on any atom is 0.243 e. The Morgan fingerprint density at radius 3 is 0.573 bits per heavy atom. The minimum Gasteiger partial charge on any atom is -0.368 e. The fourth-order valence-corrected chi connectivity index (χ4v) is 10.0. The molecule has 0 aliphatic heterocycles. The summed E-state index contributed by atoms with van der Waals surface area (Å²) in [5, 5.41) is 27.8. The van der Waals surface area contributed by atoms with Crippen molar-refractivity contribution in [2.45, 2.75) is 265 Å². The Morgan fingerprint density at radius 1 is 0.247 bits per heavy atom. The Labute approximate surface area is 530 Å². The van der Waals surface area contributed by atoms with E-state index < -0.39 is 125 Å². The number of rotatable bonds is 50. The Morgan fingerprint density at radius 2 is 0.404 bits per heavy atom. The van der Waals surface area contributed by atoms with E-state index in [0.717, 1.165) is 0 Å². The number of nitrogens with one attached hydrogen (secondary N) is 10. The molecule has 0 unspecified atom stereocenters. The van der Waals surface area contributed by atoms with Gasteiger partial charge in [0.2, 0.25) is 65.0 Å². The van der Waals surface area contributed by atoms with Crippen molar-refractivity contribution in [1.29, 1.82) is 0 Å². The number of nitrogens with two attached hydrogens (primary N) is 6. The molecule has 0 saturated carbocycles. The lowest BCUT2D eigenvalue weighted by atomic mass is 9.99. The quantitative estimate of drug-likeness (QED) is 0.0362. The Balaban J connectivity index is 7.03. The summed E-state index contributed by atoms with van der Waals surface area (Å²) in [5.41, 5.74) is 34.6. The molecular weight excluding hydrogens is 1140 g/mol. The van der Waals surface area contributed by atoms with E-state index in [1.54, 1.807) is 0 Å². The third kappa shape index (κ3) is 37.0. The molecule has 0 saturated heterocycles. The first-order valence-corrected chi connectivity index (χ1v) is 32.7. The van der Waals surface area contributed by atoms with Crippen LogP contribution in [0.25, 0.3) is 0 Å². The normalized spacial score (nSPS) is 14.9. The van der Waals surface area contributed by atoms with Gasteiger partial charge in [0.15, 0.2) is 0 Å². The molecule has 0 radical (unpaired) electrons. The van der Waals surface area contributed by atoms with Crippen LogP contribution in [0.4, 0.5) is 0 Å². The standard InChI is InChI=1S/C62H120N16O11/c1-37(2)32-48(53(68)80)74-55(82)44(23-13-18-28-64)70-60(87)50(34-39(5)6)76-57(84)46(25-15-20-30-66)72-62(89)52(36-41(9)10)78-58(85)47(26-16-21-31-67)73-61(88)51(35-40(7)8)77-56(83)45(24-14-19-29-65)71-59(86)49(33-38(3)4)75-54(81)43(69-42(11)79)22-12-17-27-63/h37-41,43-52H,12-36,63-67H2,1-11H3,(H2,68,80)(H,69,79)(H,70,87)(H,71,86)(H,72,89)(H,73,88)(H,74,82)(H,75,81)(H,76,84)(H,77,83)(H,78,85)/t43-,44-,45-,46-,47-,48-,49-,50-,51-,52-/m0/s1. The summed E-state index contributed by atoms with van der Waals surface area (Å²) in [5.74, 6) is -7.71. The van der Waals surface area contributed by atoms with Gasteiger partial charge in [-0.05, 0) is 191 Å². The van der Waals surface area contributed by atoms with E-state index in [-0.39, 0.29) is 100 Å². The maximum atomic E-state index is 14.6. The molecule has 27 heteroatoms. The van der Waals surface area contributed by atoms with E-state index in [0.29, 0.717) is 90.4 Å². The average molecular weight is 1270 g/mol. The Bertz CT molecular complexity index is 2150. The van der Waals surface area contributed by atoms with E-state index in [4.69, 9.17) is 34.4 Å². The van der Waals surface area contributed by atoms with Crippen LogP contribution in [0.5, 0.6) is 0 Å². The zero-order valence-corrected chi connectivity index (χ0v) is 55.8. The molecule has 0 aliphatic rings. The summed E-state index contributed by atoms with van der Waals surface area (Å²) in [4.78, 5) is 152. The first-order chi connectivity index (χ1) is 41.9. The van der Waals surface area contributed by atoms with E-state index in [1.165, 1.54) is 6.92 Å². The number of hydrogen-bond donors (Lipinski definition) is 16. The predicted octanol–water partition coefficient (Wildman–Crippen LogP) is 0.215. The maximum absolute atomic E-state index is 14.6. The van der Waals surface area contributed by atoms with Crippen LogP contribution in [0.1, 0.15) is 205 Å². The zero-order chi connectivity index (χ0) is 67.8. The third-order valence-corrected chi connectivity index (χ3v) is 14.7. The van der Waals surface area contributed by atoms with Crippen molar-refractivity contribution >= 4 is 65.0 Å². The molecule has 89 heavy (non-hydrogen) atoms. The van der Waals surface area contributed by atoms with Crippen molar-refractivity contribution in [2.24, 2.45) is 64.0 Å². The lowest BCUT2D eigenvalue weighted by Crippen LogP contribution is -2.61. The molecule has 27 nitrogen and oxygen atoms in total. The smallest absolute Gasteiger partial charge is 0.243 e. The van der Waals surface area contributed by atoms with Gasteiger partial charge >= 0.3 is 0 Å². The molecular formula is C62H120N16O11. The van der Waals surface area contributed by atoms with E-state index >= 15 is 0 Å². The van der Waals surface area contributed by atoms with Gasteiger partial charge in [-0.1, -0.05) is 69.2 Å². The average Bonchev–Trinajstić information content (AvgIpc) is 3.62. The van der Waals surface area contributed by atoms with Crippen LogP contribution < -0.4 is 87.6 Å². The molecule has 514 valence electrons. The van der Waals surface area contributed by atoms with Gasteiger partial charge in [0, 0.05) is 6.92 Å². The summed E-state index contributed by atoms with van der Waals surface area (Å²) in [6.07, 6.45) is 6.52. The number of unbranched alkanes of at least 4 members (excludes halogenated alkanes) is 5. The number of primary amides is 1. The lowest BCUT2D eigenvalue weighted by molar-refractivity contribution is -0.136. The molecule has 0 rings (SSSR count). The lowest BCUT2D eigenvalue weighted by Gasteiger charge is -2.29. The molecule has 0 aliphatic carbocycles. The fraction of sp³-hybridized carbons (Fsp3) is 0.823. The van der Waals surface area contributed by atoms with Crippen LogP contribution in [0, 0.1) is 29.6 Å². The molecule has 0 spiro atoms. The second kappa shape index (κ2) is 47.0. The van der Waals surface area contributed by atoms with Crippen molar-refractivity contribution in [1.82, 2.24) is 53.2 Å². The van der Waals surface area contributed by atoms with Crippen LogP contribution >= 0.6 is 0 Å². The second-order valence-corrected chi connectivity index (χ2v) is 25.8. The van der Waals surface area contributed by atoms with Crippen molar-refractivity contribution in [3.8, 4) is 0 Å². The van der Waals surface area contributed by atoms with Gasteiger partial charge in [-0.3, -0.25) is 52.7 Å². The van der Waals surface area contributed by atoms with Gasteiger partial charge in [-0.2, -0.15) is 0 Å². The highest BCUT2D eigenvalue weighted by atomic mass is 16.2. The zero-order valence-electron chi connectivity index (χ0n) is 55.8. The Hall–Kier alpha value is -6.03. The van der Waals surface area contributed by atoms with E-state index in [1.807, 2.05) is 69.2 Å². The first-order valence-electron chi connectivity index (χ1n) is 32.7. The number of carbonyl (C=O) groups excluding carboxylic acids is 11. The van der Waals surface area contributed by atoms with Gasteiger partial charge < -0.3 is 87.6 Å². The minimum absolute atomic E-state index is 0.0175. The SMILES string of the molecule is CC(=O)N[C@@H](CCCCN)C(=O)N[C@@H](CC(C)C)C(=O)N[C@@H](CCCCN)C(=O)N[C@@H](CC(C)C)C(=O)N[C@@H](CCCCN)C(=O)N[C@@H](CC(C)C)C(=O)N[C@@H](CCCCN)C(=O)N[C@@H](CC(C)C)C(=O)N[C@@H](CCCCN)C(=O)N[C@@H](CC(C)C)C(N)=O. The molecule has 0 fully saturated rings. The highest BCUT2D eigenvalue weighted by Gasteiger charge is 2.36. The van der Waals surface area contributed by atoms with E-state index in [9.17, 15) is 52.7 Å². The summed E-state index contributed by atoms with van der Waals surface area (Å²) < 4.78 is 0. The van der Waals surface area contributed by atoms with Crippen LogP contribution in [-0.2, 0) is 52.7 Å². The molecule has 0 aromatic heterocycles. The second-order valence-electron chi connectivity index (χ2n) is 25.8. The molecule has 0 aromatic carbocycles. The van der Waals surface area contributed by atoms with Crippen molar-refractivity contribution in [3.63, 3.8) is 0 Å². The van der Waals surface area contributed by atoms with Crippen LogP contribution in [0.15, 0.2) is 0 Å². The molecule has 0 aromatic rings. The van der Waals surface area contributed by atoms with Crippen LogP contribution in [-0.4, -0.2) is 158 Å². The number of hydrogen-bond acceptors (Lipinski definition) is 16. The summed E-state index contributed by atoms with van der Waals surface area (Å²) >= 11 is 0. The molecule has 0 bridgehead atoms. The molecule has 10 atom stereocenters. The van der Waals surface area contributed by atoms with Gasteiger partial charge in [-0.25, -0.2) is 0 Å². The van der Waals surface area contributed by atoms with Gasteiger partial charge in [0.25, 0.3) is 0 Å². The largest absolute Gasteiger partial charge is 0.368 e. The van der Waals surface area contributed by atoms with Gasteiger partial charge in [0.1, 0.15) is 60.4 Å². The third-order valence-electron chi connectivity index (χ3n) is 14.7. The van der Waals surface area contributed by atoms with Crippen LogP contribution in [0.3, 0.4) is 0 Å². The monoisotopic (exact) mass is 1260 g/mol. The number of amides is 11. The topological polar surface area (TPSA) is 464 Å². The molecule has 22 N–H and O–H groups in total. The van der Waals surface area contributed by atoms with E-state index in [2.05, 4.69) is 53.2 Å². The van der Waals surface area contributed by atoms with Crippen molar-refractivity contribution in [3.05, 3.63) is 0 Å². The van der Waals surface area contributed by atoms with Crippen LogP contribution in [0.2, 0.25) is 0 Å². The first kappa shape index (κ1) is 83.0. The molecule has 0 heterocycles. The summed E-state index contributed by atoms with van der Waals surface area (Å²) in [6, 6.07) is -11.4. The van der Waals surface area contributed by atoms with Gasteiger partial charge in [0.05, 0.1) is 0 Å². The number of carbonyl (C=O) groups is 11. The fourth-order valence-electron chi connectivity index (χ4n) is 10.0. The van der Waals surface area contributed by atoms with Crippen molar-refractivity contribution in [2.75, 3.05) is 32.7 Å². The highest BCUT2D eigenvalue weighted by Crippen LogP contribution is 2.16. The van der Waals surface area contributed by atoms with Crippen molar-refractivity contribution < 1.29 is 52.7 Å². The summed E-state index contributed by atoms with van der Waals surface area (Å²) in [6.45, 7) is 21.5. The Kier molecular flexibility index (Phi) is 43.8. The van der Waals surface area contributed by atoms with Gasteiger partial charge in [-0.15, -0.1) is 0 Å². The summed E-state index contributed by atoms with van der Waals surface area (Å²) in [7, 11) is 0. The predicted molar refractivity (Wildman–Crippen MR) is 346 cm³/mol.